The molecule has 2 aromatic rings. The minimum Gasteiger partial charge on any atom is -0.496 e. The Balaban J connectivity index is 1.88. The van der Waals surface area contributed by atoms with Crippen LogP contribution in [0.15, 0.2) is 42.5 Å². The molecule has 1 aliphatic rings. The molecule has 24 heavy (non-hydrogen) atoms. The van der Waals surface area contributed by atoms with E-state index in [2.05, 4.69) is 10.2 Å². The van der Waals surface area contributed by atoms with Gasteiger partial charge in [-0.05, 0) is 30.3 Å². The second-order valence-electron chi connectivity index (χ2n) is 5.42. The quantitative estimate of drug-likeness (QED) is 0.921. The number of anilines is 2. The fraction of sp³-hybridized carbons (Fsp3) is 0.278. The number of hydrogen-bond acceptors (Lipinski definition) is 4. The summed E-state index contributed by atoms with van der Waals surface area (Å²) in [4.78, 5) is 14.8. The number of amides is 1. The van der Waals surface area contributed by atoms with Crippen LogP contribution in [-0.4, -0.2) is 39.3 Å². The average Bonchev–Trinajstić information content (AvgIpc) is 2.62. The van der Waals surface area contributed by atoms with E-state index in [0.717, 1.165) is 18.8 Å². The summed E-state index contributed by atoms with van der Waals surface area (Å²) in [6.07, 6.45) is 0. The Morgan fingerprint density at radius 2 is 1.96 bits per heavy atom. The van der Waals surface area contributed by atoms with Crippen molar-refractivity contribution in [3.8, 4) is 5.75 Å². The predicted octanol–water partition coefficient (Wildman–Crippen LogP) is 3.44. The number of ether oxygens (including phenoxy) is 2. The molecule has 0 saturated carbocycles. The molecule has 1 fully saturated rings. The Kier molecular flexibility index (Phi) is 5.23. The van der Waals surface area contributed by atoms with Gasteiger partial charge >= 0.3 is 0 Å². The lowest BCUT2D eigenvalue weighted by molar-refractivity contribution is 0.102. The van der Waals surface area contributed by atoms with Crippen molar-refractivity contribution in [3.05, 3.63) is 53.1 Å². The summed E-state index contributed by atoms with van der Waals surface area (Å²) in [5.74, 6) is 0.300. The molecule has 5 nitrogen and oxygen atoms in total. The Morgan fingerprint density at radius 3 is 2.71 bits per heavy atom. The maximum Gasteiger partial charge on any atom is 0.259 e. The molecule has 2 aromatic carbocycles. The Hall–Kier alpha value is -2.24. The van der Waals surface area contributed by atoms with Gasteiger partial charge in [-0.25, -0.2) is 0 Å². The molecule has 0 spiro atoms. The number of hydrogen-bond donors (Lipinski definition) is 1. The van der Waals surface area contributed by atoms with Gasteiger partial charge in [-0.15, -0.1) is 0 Å². The van der Waals surface area contributed by atoms with Crippen molar-refractivity contribution in [2.75, 3.05) is 43.6 Å². The first-order valence-corrected chi connectivity index (χ1v) is 8.13. The molecule has 0 aromatic heterocycles. The van der Waals surface area contributed by atoms with E-state index in [1.54, 1.807) is 31.4 Å². The first-order valence-electron chi connectivity index (χ1n) is 7.75. The normalized spacial score (nSPS) is 14.3. The summed E-state index contributed by atoms with van der Waals surface area (Å²) in [6.45, 7) is 2.89. The number of nitrogens with zero attached hydrogens (tertiary/aromatic N) is 1. The zero-order valence-corrected chi connectivity index (χ0v) is 14.2. The van der Waals surface area contributed by atoms with Crippen LogP contribution < -0.4 is 15.0 Å². The predicted molar refractivity (Wildman–Crippen MR) is 95.4 cm³/mol. The van der Waals surface area contributed by atoms with Crippen molar-refractivity contribution in [2.24, 2.45) is 0 Å². The van der Waals surface area contributed by atoms with Gasteiger partial charge in [-0.2, -0.15) is 0 Å². The molecule has 0 radical (unpaired) electrons. The van der Waals surface area contributed by atoms with E-state index in [0.29, 0.717) is 35.2 Å². The zero-order valence-electron chi connectivity index (χ0n) is 13.4. The minimum atomic E-state index is -0.232. The summed E-state index contributed by atoms with van der Waals surface area (Å²) in [5, 5.41) is 3.53. The van der Waals surface area contributed by atoms with Crippen molar-refractivity contribution < 1.29 is 14.3 Å². The molecule has 0 atom stereocenters. The van der Waals surface area contributed by atoms with E-state index in [9.17, 15) is 4.79 Å². The smallest absolute Gasteiger partial charge is 0.259 e. The number of benzene rings is 2. The van der Waals surface area contributed by atoms with Crippen LogP contribution in [0.5, 0.6) is 5.75 Å². The summed E-state index contributed by atoms with van der Waals surface area (Å²) in [7, 11) is 1.55. The molecule has 0 bridgehead atoms. The average molecular weight is 347 g/mol. The van der Waals surface area contributed by atoms with Crippen molar-refractivity contribution in [1.82, 2.24) is 0 Å². The number of halogens is 1. The van der Waals surface area contributed by atoms with Gasteiger partial charge in [-0.1, -0.05) is 23.7 Å². The fourth-order valence-corrected chi connectivity index (χ4v) is 2.88. The van der Waals surface area contributed by atoms with Gasteiger partial charge in [0.2, 0.25) is 0 Å². The highest BCUT2D eigenvalue weighted by molar-refractivity contribution is 6.31. The van der Waals surface area contributed by atoms with E-state index in [1.165, 1.54) is 0 Å². The van der Waals surface area contributed by atoms with Crippen LogP contribution in [0.2, 0.25) is 5.02 Å². The second-order valence-corrected chi connectivity index (χ2v) is 5.85. The summed E-state index contributed by atoms with van der Waals surface area (Å²) < 4.78 is 10.7. The van der Waals surface area contributed by atoms with E-state index in [4.69, 9.17) is 21.1 Å². The number of methoxy groups -OCH3 is 1. The molecule has 1 amide bonds. The van der Waals surface area contributed by atoms with Crippen molar-refractivity contribution >= 4 is 28.9 Å². The van der Waals surface area contributed by atoms with E-state index >= 15 is 0 Å². The maximum atomic E-state index is 12.7. The summed E-state index contributed by atoms with van der Waals surface area (Å²) in [6, 6.07) is 12.6. The third kappa shape index (κ3) is 3.63. The fourth-order valence-electron chi connectivity index (χ4n) is 2.71. The number of carbonyl (C=O) groups excluding carboxylic acids is 1. The molecule has 6 heteroatoms. The number of rotatable bonds is 4. The van der Waals surface area contributed by atoms with Crippen LogP contribution in [0.1, 0.15) is 10.4 Å². The van der Waals surface area contributed by atoms with Gasteiger partial charge in [0.05, 0.1) is 37.3 Å². The molecular weight excluding hydrogens is 328 g/mol. The molecule has 0 unspecified atom stereocenters. The van der Waals surface area contributed by atoms with Crippen LogP contribution >= 0.6 is 11.6 Å². The molecule has 1 saturated heterocycles. The molecule has 1 aliphatic heterocycles. The van der Waals surface area contributed by atoms with Crippen molar-refractivity contribution in [3.63, 3.8) is 0 Å². The maximum absolute atomic E-state index is 12.7. The van der Waals surface area contributed by atoms with Crippen LogP contribution in [0.25, 0.3) is 0 Å². The lowest BCUT2D eigenvalue weighted by atomic mass is 10.1. The summed E-state index contributed by atoms with van der Waals surface area (Å²) >= 11 is 6.12. The number of para-hydroxylation sites is 1. The van der Waals surface area contributed by atoms with Gasteiger partial charge in [0.1, 0.15) is 5.75 Å². The standard InChI is InChI=1S/C18H19ClN2O3/c1-23-17-5-3-2-4-14(17)18(22)20-15-12-13(19)6-7-16(15)21-8-10-24-11-9-21/h2-7,12H,8-11H2,1H3,(H,20,22). The SMILES string of the molecule is COc1ccccc1C(=O)Nc1cc(Cl)ccc1N1CCOCC1. The van der Waals surface area contributed by atoms with Gasteiger partial charge in [0, 0.05) is 18.1 Å². The van der Waals surface area contributed by atoms with Crippen LogP contribution in [-0.2, 0) is 4.74 Å². The lowest BCUT2D eigenvalue weighted by Crippen LogP contribution is -2.36. The van der Waals surface area contributed by atoms with E-state index < -0.39 is 0 Å². The van der Waals surface area contributed by atoms with Gasteiger partial charge in [0.25, 0.3) is 5.91 Å². The highest BCUT2D eigenvalue weighted by Crippen LogP contribution is 2.31. The first-order chi connectivity index (χ1) is 11.7. The monoisotopic (exact) mass is 346 g/mol. The van der Waals surface area contributed by atoms with E-state index in [1.807, 2.05) is 18.2 Å². The molecular formula is C18H19ClN2O3. The van der Waals surface area contributed by atoms with Crippen molar-refractivity contribution in [1.29, 1.82) is 0 Å². The van der Waals surface area contributed by atoms with Crippen LogP contribution in [0.3, 0.4) is 0 Å². The summed E-state index contributed by atoms with van der Waals surface area (Å²) in [5.41, 5.74) is 2.10. The Bertz CT molecular complexity index is 730. The van der Waals surface area contributed by atoms with E-state index in [-0.39, 0.29) is 5.91 Å². The number of carbonyl (C=O) groups is 1. The molecule has 126 valence electrons. The van der Waals surface area contributed by atoms with Crippen LogP contribution in [0, 0.1) is 0 Å². The largest absolute Gasteiger partial charge is 0.496 e. The molecule has 0 aliphatic carbocycles. The third-order valence-electron chi connectivity index (χ3n) is 3.91. The Morgan fingerprint density at radius 1 is 1.21 bits per heavy atom. The number of morpholine rings is 1. The van der Waals surface area contributed by atoms with Gasteiger partial charge in [0.15, 0.2) is 0 Å². The van der Waals surface area contributed by atoms with Gasteiger partial charge in [-0.3, -0.25) is 4.79 Å². The highest BCUT2D eigenvalue weighted by atomic mass is 35.5. The topological polar surface area (TPSA) is 50.8 Å². The zero-order chi connectivity index (χ0) is 16.9. The van der Waals surface area contributed by atoms with Gasteiger partial charge < -0.3 is 19.7 Å². The Labute approximate surface area is 146 Å². The third-order valence-corrected chi connectivity index (χ3v) is 4.15. The molecule has 1 N–H and O–H groups in total. The number of nitrogens with one attached hydrogen (secondary N) is 1. The molecule has 1 heterocycles. The molecule has 3 rings (SSSR count). The van der Waals surface area contributed by atoms with Crippen LogP contribution in [0.4, 0.5) is 11.4 Å². The highest BCUT2D eigenvalue weighted by Gasteiger charge is 2.18. The second kappa shape index (κ2) is 7.55. The minimum absolute atomic E-state index is 0.232. The van der Waals surface area contributed by atoms with Crippen molar-refractivity contribution in [2.45, 2.75) is 0 Å². The lowest BCUT2D eigenvalue weighted by Gasteiger charge is -2.30. The first kappa shape index (κ1) is 16.6.